The summed E-state index contributed by atoms with van der Waals surface area (Å²) in [4.78, 5) is 11.7. The van der Waals surface area contributed by atoms with Gasteiger partial charge in [-0.1, -0.05) is 11.8 Å². The van der Waals surface area contributed by atoms with Gasteiger partial charge in [-0.3, -0.25) is 4.99 Å². The summed E-state index contributed by atoms with van der Waals surface area (Å²) in [5.74, 6) is 0. The molecule has 1 atom stereocenters. The van der Waals surface area contributed by atoms with Crippen molar-refractivity contribution < 1.29 is 28.0 Å². The quantitative estimate of drug-likeness (QED) is 0.241. The van der Waals surface area contributed by atoms with Crippen LogP contribution in [0.5, 0.6) is 0 Å². The van der Waals surface area contributed by atoms with E-state index in [2.05, 4.69) is 13.7 Å². The van der Waals surface area contributed by atoms with E-state index >= 15 is 0 Å². The van der Waals surface area contributed by atoms with Crippen LogP contribution in [0, 0.1) is 10.2 Å². The molecule has 8 nitrogen and oxygen atoms in total. The Bertz CT molecular complexity index is 463. The van der Waals surface area contributed by atoms with Crippen molar-refractivity contribution in [1.29, 1.82) is 0 Å². The van der Waals surface area contributed by atoms with E-state index in [0.29, 0.717) is 15.4 Å². The molecule has 0 saturated carbocycles. The Morgan fingerprint density at radius 2 is 2.00 bits per heavy atom. The van der Waals surface area contributed by atoms with Crippen LogP contribution >= 0.6 is 32.4 Å². The van der Waals surface area contributed by atoms with Crippen molar-refractivity contribution in [3.8, 4) is 0 Å². The minimum Gasteiger partial charge on any atom is -0.357 e. The predicted molar refractivity (Wildman–Crippen MR) is 77.0 cm³/mol. The fraction of sp³-hybridized carbons (Fsp3) is 0.625. The monoisotopic (exact) mass is 362 g/mol. The highest BCUT2D eigenvalue weighted by Crippen LogP contribution is 2.42. The predicted octanol–water partition coefficient (Wildman–Crippen LogP) is -1.97. The van der Waals surface area contributed by atoms with Crippen molar-refractivity contribution in [3.63, 3.8) is 0 Å². The van der Waals surface area contributed by atoms with Gasteiger partial charge in [-0.2, -0.15) is 19.0 Å². The number of hydrogen-bond acceptors (Lipinski definition) is 9. The van der Waals surface area contributed by atoms with Crippen molar-refractivity contribution in [2.45, 2.75) is 0 Å². The molecular formula is C8H15ClN4O4S3. The zero-order chi connectivity index (χ0) is 15.5. The highest BCUT2D eigenvalue weighted by atomic mass is 35.7. The second-order valence-electron chi connectivity index (χ2n) is 3.60. The molecule has 0 saturated heterocycles. The molecule has 0 bridgehead atoms. The van der Waals surface area contributed by atoms with Crippen LogP contribution in [0.4, 0.5) is 0 Å². The molecule has 0 fully saturated rings. The molecule has 0 aromatic carbocycles. The topological polar surface area (TPSA) is 110 Å². The third kappa shape index (κ3) is 4.77. The Balaban J connectivity index is 3.11. The van der Waals surface area contributed by atoms with Crippen LogP contribution in [0.3, 0.4) is 0 Å². The van der Waals surface area contributed by atoms with Gasteiger partial charge in [-0.05, 0) is 6.26 Å². The van der Waals surface area contributed by atoms with Crippen molar-refractivity contribution in [3.05, 3.63) is 0 Å². The number of halogens is 1. The molecular weight excluding hydrogens is 348 g/mol. The summed E-state index contributed by atoms with van der Waals surface area (Å²) in [6.45, 7) is 0. The van der Waals surface area contributed by atoms with Gasteiger partial charge >= 0.3 is 0 Å². The van der Waals surface area contributed by atoms with Gasteiger partial charge < -0.3 is 9.80 Å². The van der Waals surface area contributed by atoms with Gasteiger partial charge in [0, 0.05) is 39.0 Å². The van der Waals surface area contributed by atoms with E-state index in [1.807, 2.05) is 6.26 Å². The first-order valence-electron chi connectivity index (χ1n) is 5.10. The maximum absolute atomic E-state index is 10.8. The van der Waals surface area contributed by atoms with Gasteiger partial charge in [0.25, 0.3) is 0 Å². The Hall–Kier alpha value is -0.0100. The Morgan fingerprint density at radius 3 is 2.40 bits per heavy atom. The highest BCUT2D eigenvalue weighted by molar-refractivity contribution is 8.87. The fourth-order valence-electron chi connectivity index (χ4n) is 1.18. The standard InChI is InChI=1S/C8H15ClN4O4S3/c1-10-6(18-5)13(4)8-11-7(12(2)3)19-20(8)17-9(14,15)16/h1-5H3. The second kappa shape index (κ2) is 7.31. The lowest BCUT2D eigenvalue weighted by molar-refractivity contribution is -1.91. The van der Waals surface area contributed by atoms with E-state index in [1.165, 1.54) is 11.8 Å². The summed E-state index contributed by atoms with van der Waals surface area (Å²) in [5, 5.41) is 1.52. The highest BCUT2D eigenvalue weighted by Gasteiger charge is 2.35. The first kappa shape index (κ1) is 18.0. The largest absolute Gasteiger partial charge is 0.357 e. The molecule has 1 aliphatic rings. The van der Waals surface area contributed by atoms with E-state index in [4.69, 9.17) is 0 Å². The second-order valence-corrected chi connectivity index (χ2v) is 8.41. The minimum atomic E-state index is -4.52. The summed E-state index contributed by atoms with van der Waals surface area (Å²) in [6, 6.07) is 0. The van der Waals surface area contributed by atoms with Crippen LogP contribution in [0.25, 0.3) is 0 Å². The van der Waals surface area contributed by atoms with Gasteiger partial charge in [0.15, 0.2) is 14.1 Å². The van der Waals surface area contributed by atoms with E-state index in [0.717, 1.165) is 10.8 Å². The average molecular weight is 363 g/mol. The molecule has 1 unspecified atom stereocenters. The zero-order valence-electron chi connectivity index (χ0n) is 11.5. The van der Waals surface area contributed by atoms with Crippen molar-refractivity contribution >= 4 is 47.8 Å². The van der Waals surface area contributed by atoms with Crippen LogP contribution in [0.2, 0.25) is 0 Å². The normalized spacial score (nSPS) is 20.2. The zero-order valence-corrected chi connectivity index (χ0v) is 14.7. The van der Waals surface area contributed by atoms with Crippen molar-refractivity contribution in [2.24, 2.45) is 9.98 Å². The molecule has 1 heterocycles. The third-order valence-corrected chi connectivity index (χ3v) is 7.08. The molecule has 0 radical (unpaired) electrons. The third-order valence-electron chi connectivity index (χ3n) is 1.96. The van der Waals surface area contributed by atoms with Crippen LogP contribution < -0.4 is 14.0 Å². The number of rotatable bonds is 2. The fourth-order valence-corrected chi connectivity index (χ4v) is 6.11. The molecule has 0 N–H and O–H groups in total. The van der Waals surface area contributed by atoms with Crippen LogP contribution in [0.15, 0.2) is 9.98 Å². The number of aliphatic imine (C=N–C) groups is 2. The van der Waals surface area contributed by atoms with Gasteiger partial charge in [-0.15, -0.1) is 0 Å². The Kier molecular flexibility index (Phi) is 6.60. The van der Waals surface area contributed by atoms with Crippen molar-refractivity contribution in [1.82, 2.24) is 9.80 Å². The maximum Gasteiger partial charge on any atom is 0.218 e. The SMILES string of the molecule is CN=C(SC)N(C)C1=S(O[Cl+3]([O-])([O-])[O-])SC(N(C)C)=N1. The summed E-state index contributed by atoms with van der Waals surface area (Å²) < 4.78 is 36.9. The van der Waals surface area contributed by atoms with Crippen LogP contribution in [-0.4, -0.2) is 59.7 Å². The van der Waals surface area contributed by atoms with Gasteiger partial charge in [0.05, 0.1) is 10.2 Å². The van der Waals surface area contributed by atoms with Gasteiger partial charge in [-0.25, -0.2) is 0 Å². The van der Waals surface area contributed by atoms with Crippen LogP contribution in [0.1, 0.15) is 0 Å². The van der Waals surface area contributed by atoms with Gasteiger partial charge in [0.2, 0.25) is 14.9 Å². The van der Waals surface area contributed by atoms with E-state index in [1.54, 1.807) is 38.0 Å². The molecule has 0 amide bonds. The number of amidine groups is 2. The number of hydrogen-bond donors (Lipinski definition) is 0. The summed E-state index contributed by atoms with van der Waals surface area (Å²) >= 11 is 1.38. The Morgan fingerprint density at radius 1 is 1.40 bits per heavy atom. The molecule has 1 aliphatic heterocycles. The molecule has 20 heavy (non-hydrogen) atoms. The first-order chi connectivity index (χ1) is 9.19. The smallest absolute Gasteiger partial charge is 0.218 e. The number of thioether (sulfide) groups is 1. The van der Waals surface area contributed by atoms with E-state index in [-0.39, 0.29) is 0 Å². The molecule has 0 aromatic rings. The number of nitrogens with zero attached hydrogens (tertiary/aromatic N) is 4. The summed E-state index contributed by atoms with van der Waals surface area (Å²) in [5.41, 5.74) is 0. The van der Waals surface area contributed by atoms with Crippen LogP contribution in [-0.2, 0) is 3.74 Å². The van der Waals surface area contributed by atoms with E-state index in [9.17, 15) is 14.0 Å². The maximum atomic E-state index is 10.8. The molecule has 1 rings (SSSR count). The van der Waals surface area contributed by atoms with Gasteiger partial charge in [0.1, 0.15) is 0 Å². The molecule has 0 aliphatic carbocycles. The first-order valence-corrected chi connectivity index (χ1v) is 10.0. The molecule has 0 aromatic heterocycles. The molecule has 12 heteroatoms. The summed E-state index contributed by atoms with van der Waals surface area (Å²) in [6.07, 6.45) is 1.83. The Labute approximate surface area is 130 Å². The van der Waals surface area contributed by atoms with E-state index < -0.39 is 20.0 Å². The molecule has 116 valence electrons. The lowest BCUT2D eigenvalue weighted by Crippen LogP contribution is -2.60. The molecule has 0 spiro atoms. The summed E-state index contributed by atoms with van der Waals surface area (Å²) in [7, 11) is 2.05. The average Bonchev–Trinajstić information content (AvgIpc) is 2.72. The lowest BCUT2D eigenvalue weighted by Gasteiger charge is -2.18. The lowest BCUT2D eigenvalue weighted by atomic mass is 10.8. The minimum absolute atomic E-state index is 0.334. The van der Waals surface area contributed by atoms with Crippen molar-refractivity contribution in [2.75, 3.05) is 34.4 Å².